The highest BCUT2D eigenvalue weighted by molar-refractivity contribution is 5.81. The van der Waals surface area contributed by atoms with Crippen molar-refractivity contribution in [1.82, 2.24) is 19.7 Å². The number of nitriles is 1. The van der Waals surface area contributed by atoms with Gasteiger partial charge in [-0.3, -0.25) is 19.6 Å². The Kier molecular flexibility index (Phi) is 6.71. The van der Waals surface area contributed by atoms with Crippen molar-refractivity contribution < 1.29 is 4.79 Å². The van der Waals surface area contributed by atoms with E-state index in [1.54, 1.807) is 18.1 Å². The number of amides is 1. The standard InChI is InChI=1S/C18H27N5O/c1-15(17-6-4-8-20-14-17)22-10-12-23(13-11-22)16(2)18(24)21(3)9-5-7-19/h4,6,8,14-16H,5,9-13H2,1-3H3/t15-,16-/m0/s1. The lowest BCUT2D eigenvalue weighted by Crippen LogP contribution is -2.54. The van der Waals surface area contributed by atoms with Crippen molar-refractivity contribution in [2.75, 3.05) is 39.8 Å². The summed E-state index contributed by atoms with van der Waals surface area (Å²) in [6, 6.07) is 6.37. The van der Waals surface area contributed by atoms with Crippen LogP contribution in [0.5, 0.6) is 0 Å². The number of carbonyl (C=O) groups is 1. The molecule has 0 radical (unpaired) electrons. The van der Waals surface area contributed by atoms with Crippen molar-refractivity contribution in [3.8, 4) is 6.07 Å². The fourth-order valence-corrected chi connectivity index (χ4v) is 3.15. The largest absolute Gasteiger partial charge is 0.343 e. The van der Waals surface area contributed by atoms with Crippen LogP contribution in [0.4, 0.5) is 0 Å². The number of rotatable bonds is 6. The summed E-state index contributed by atoms with van der Waals surface area (Å²) in [5.41, 5.74) is 1.23. The molecule has 1 saturated heterocycles. The lowest BCUT2D eigenvalue weighted by atomic mass is 10.1. The summed E-state index contributed by atoms with van der Waals surface area (Å²) in [4.78, 5) is 23.0. The fourth-order valence-electron chi connectivity index (χ4n) is 3.15. The molecule has 130 valence electrons. The third-order valence-corrected chi connectivity index (χ3v) is 4.90. The van der Waals surface area contributed by atoms with E-state index in [0.717, 1.165) is 26.2 Å². The van der Waals surface area contributed by atoms with Gasteiger partial charge in [0.2, 0.25) is 5.91 Å². The average Bonchev–Trinajstić information content (AvgIpc) is 2.65. The zero-order valence-corrected chi connectivity index (χ0v) is 14.9. The SMILES string of the molecule is C[C@@H](C(=O)N(C)CCC#N)N1CCN([C@@H](C)c2cccnc2)CC1. The van der Waals surface area contributed by atoms with E-state index in [9.17, 15) is 4.79 Å². The summed E-state index contributed by atoms with van der Waals surface area (Å²) >= 11 is 0. The number of likely N-dealkylation sites (N-methyl/N-ethyl adjacent to an activating group) is 1. The van der Waals surface area contributed by atoms with E-state index >= 15 is 0 Å². The molecular weight excluding hydrogens is 302 g/mol. The van der Waals surface area contributed by atoms with E-state index in [4.69, 9.17) is 5.26 Å². The molecule has 2 heterocycles. The van der Waals surface area contributed by atoms with Crippen LogP contribution < -0.4 is 0 Å². The molecule has 1 amide bonds. The van der Waals surface area contributed by atoms with E-state index in [2.05, 4.69) is 33.8 Å². The summed E-state index contributed by atoms with van der Waals surface area (Å²) in [6.07, 6.45) is 4.10. The van der Waals surface area contributed by atoms with Gasteiger partial charge in [-0.05, 0) is 25.5 Å². The Bertz CT molecular complexity index is 563. The van der Waals surface area contributed by atoms with E-state index < -0.39 is 0 Å². The quantitative estimate of drug-likeness (QED) is 0.792. The maximum absolute atomic E-state index is 12.4. The topological polar surface area (TPSA) is 63.5 Å². The lowest BCUT2D eigenvalue weighted by molar-refractivity contribution is -0.135. The monoisotopic (exact) mass is 329 g/mol. The van der Waals surface area contributed by atoms with Gasteiger partial charge >= 0.3 is 0 Å². The molecule has 1 aromatic rings. The average molecular weight is 329 g/mol. The zero-order chi connectivity index (χ0) is 17.5. The van der Waals surface area contributed by atoms with Gasteiger partial charge in [0.05, 0.1) is 18.5 Å². The van der Waals surface area contributed by atoms with Gasteiger partial charge in [0.15, 0.2) is 0 Å². The van der Waals surface area contributed by atoms with Gasteiger partial charge in [-0.15, -0.1) is 0 Å². The van der Waals surface area contributed by atoms with E-state index in [1.165, 1.54) is 5.56 Å². The molecule has 0 unspecified atom stereocenters. The third-order valence-electron chi connectivity index (χ3n) is 4.90. The summed E-state index contributed by atoms with van der Waals surface area (Å²) in [5, 5.41) is 8.65. The number of hydrogen-bond donors (Lipinski definition) is 0. The van der Waals surface area contributed by atoms with E-state index in [0.29, 0.717) is 19.0 Å². The predicted octanol–water partition coefficient (Wildman–Crippen LogP) is 1.52. The first-order valence-corrected chi connectivity index (χ1v) is 8.54. The zero-order valence-electron chi connectivity index (χ0n) is 14.9. The van der Waals surface area contributed by atoms with Crippen molar-refractivity contribution in [1.29, 1.82) is 5.26 Å². The summed E-state index contributed by atoms with van der Waals surface area (Å²) in [5.74, 6) is 0.0963. The molecule has 6 nitrogen and oxygen atoms in total. The molecule has 1 aliphatic heterocycles. The first-order chi connectivity index (χ1) is 11.5. The molecule has 0 aliphatic carbocycles. The molecule has 0 aromatic carbocycles. The van der Waals surface area contributed by atoms with Crippen LogP contribution in [0.1, 0.15) is 31.9 Å². The molecule has 0 spiro atoms. The van der Waals surface area contributed by atoms with Crippen LogP contribution in [0.2, 0.25) is 0 Å². The minimum absolute atomic E-state index is 0.0963. The van der Waals surface area contributed by atoms with Crippen LogP contribution in [0.15, 0.2) is 24.5 Å². The highest BCUT2D eigenvalue weighted by atomic mass is 16.2. The maximum atomic E-state index is 12.4. The smallest absolute Gasteiger partial charge is 0.239 e. The van der Waals surface area contributed by atoms with Crippen LogP contribution in [0.25, 0.3) is 0 Å². The number of pyridine rings is 1. The Morgan fingerprint density at radius 1 is 1.33 bits per heavy atom. The van der Waals surface area contributed by atoms with Gasteiger partial charge in [-0.25, -0.2) is 0 Å². The second-order valence-corrected chi connectivity index (χ2v) is 6.38. The first kappa shape index (κ1) is 18.4. The number of piperazine rings is 1. The molecule has 2 atom stereocenters. The number of hydrogen-bond acceptors (Lipinski definition) is 5. The summed E-state index contributed by atoms with van der Waals surface area (Å²) in [6.45, 7) is 8.30. The lowest BCUT2D eigenvalue weighted by Gasteiger charge is -2.40. The molecule has 1 fully saturated rings. The molecule has 1 aliphatic rings. The van der Waals surface area contributed by atoms with Gasteiger partial charge in [-0.2, -0.15) is 5.26 Å². The normalized spacial score (nSPS) is 18.6. The minimum Gasteiger partial charge on any atom is -0.343 e. The van der Waals surface area contributed by atoms with E-state index in [-0.39, 0.29) is 11.9 Å². The third kappa shape index (κ3) is 4.53. The number of nitrogens with zero attached hydrogens (tertiary/aromatic N) is 5. The van der Waals surface area contributed by atoms with Crippen LogP contribution in [0, 0.1) is 11.3 Å². The first-order valence-electron chi connectivity index (χ1n) is 8.54. The molecule has 0 bridgehead atoms. The molecule has 0 N–H and O–H groups in total. The van der Waals surface area contributed by atoms with Crippen LogP contribution >= 0.6 is 0 Å². The van der Waals surface area contributed by atoms with Gasteiger partial charge in [0.25, 0.3) is 0 Å². The molecular formula is C18H27N5O. The maximum Gasteiger partial charge on any atom is 0.239 e. The van der Waals surface area contributed by atoms with Crippen molar-refractivity contribution in [2.24, 2.45) is 0 Å². The number of aromatic nitrogens is 1. The summed E-state index contributed by atoms with van der Waals surface area (Å²) in [7, 11) is 1.77. The molecule has 1 aromatic heterocycles. The van der Waals surface area contributed by atoms with Gasteiger partial charge in [0, 0.05) is 58.2 Å². The van der Waals surface area contributed by atoms with Gasteiger partial charge < -0.3 is 4.90 Å². The van der Waals surface area contributed by atoms with Crippen LogP contribution in [-0.2, 0) is 4.79 Å². The van der Waals surface area contributed by atoms with Gasteiger partial charge in [-0.1, -0.05) is 6.07 Å². The van der Waals surface area contributed by atoms with Gasteiger partial charge in [0.1, 0.15) is 0 Å². The minimum atomic E-state index is -0.135. The van der Waals surface area contributed by atoms with Crippen LogP contribution in [0.3, 0.4) is 0 Å². The highest BCUT2D eigenvalue weighted by Gasteiger charge is 2.29. The van der Waals surface area contributed by atoms with Crippen LogP contribution in [-0.4, -0.2) is 71.4 Å². The predicted molar refractivity (Wildman–Crippen MR) is 93.1 cm³/mol. The van der Waals surface area contributed by atoms with Crippen molar-refractivity contribution >= 4 is 5.91 Å². The van der Waals surface area contributed by atoms with Crippen molar-refractivity contribution in [2.45, 2.75) is 32.4 Å². The second kappa shape index (κ2) is 8.76. The van der Waals surface area contributed by atoms with Crippen molar-refractivity contribution in [3.05, 3.63) is 30.1 Å². The number of carbonyl (C=O) groups excluding carboxylic acids is 1. The Balaban J connectivity index is 1.86. The molecule has 24 heavy (non-hydrogen) atoms. The Morgan fingerprint density at radius 2 is 2.00 bits per heavy atom. The Labute approximate surface area is 144 Å². The summed E-state index contributed by atoms with van der Waals surface area (Å²) < 4.78 is 0. The fraction of sp³-hybridized carbons (Fsp3) is 0.611. The Morgan fingerprint density at radius 3 is 2.58 bits per heavy atom. The van der Waals surface area contributed by atoms with Crippen molar-refractivity contribution in [3.63, 3.8) is 0 Å². The molecule has 6 heteroatoms. The highest BCUT2D eigenvalue weighted by Crippen LogP contribution is 2.21. The Hall–Kier alpha value is -1.97. The molecule has 0 saturated carbocycles. The van der Waals surface area contributed by atoms with E-state index in [1.807, 2.05) is 19.2 Å². The second-order valence-electron chi connectivity index (χ2n) is 6.38. The molecule has 2 rings (SSSR count).